The molecule has 0 bridgehead atoms. The van der Waals surface area contributed by atoms with Gasteiger partial charge in [-0.2, -0.15) is 0 Å². The molecule has 8 rings (SSSR count). The average Bonchev–Trinajstić information content (AvgIpc) is 3.42. The van der Waals surface area contributed by atoms with Crippen LogP contribution in [0.25, 0.3) is 76.8 Å². The van der Waals surface area contributed by atoms with Gasteiger partial charge in [0.2, 0.25) is 5.71 Å². The van der Waals surface area contributed by atoms with Gasteiger partial charge in [-0.05, 0) is 85.8 Å². The summed E-state index contributed by atoms with van der Waals surface area (Å²) in [6, 6.07) is 35.7. The molecule has 42 heavy (non-hydrogen) atoms. The molecular weight excluding hydrogens is 529 g/mol. The summed E-state index contributed by atoms with van der Waals surface area (Å²) in [7, 11) is -1.80. The van der Waals surface area contributed by atoms with Gasteiger partial charge in [0.1, 0.15) is 5.58 Å². The summed E-state index contributed by atoms with van der Waals surface area (Å²) in [6.07, 6.45) is 2.05. The minimum atomic E-state index is -2.31. The van der Waals surface area contributed by atoms with Crippen LogP contribution in [0.2, 0.25) is 19.6 Å². The fraction of sp³-hybridized carbons (Fsp3) is 0.105. The van der Waals surface area contributed by atoms with Crippen molar-refractivity contribution in [2.75, 3.05) is 0 Å². The van der Waals surface area contributed by atoms with E-state index in [9.17, 15) is 0 Å². The van der Waals surface area contributed by atoms with Crippen LogP contribution in [0, 0.1) is 6.85 Å². The van der Waals surface area contributed by atoms with Gasteiger partial charge in [-0.15, -0.1) is 0 Å². The van der Waals surface area contributed by atoms with Crippen LogP contribution in [0.15, 0.2) is 114 Å². The minimum absolute atomic E-state index is 0.0205. The molecule has 0 N–H and O–H groups in total. The molecule has 4 heteroatoms. The maximum atomic E-state index is 7.79. The highest BCUT2D eigenvalue weighted by atomic mass is 28.3. The van der Waals surface area contributed by atoms with Crippen molar-refractivity contribution in [2.24, 2.45) is 0 Å². The summed E-state index contributed by atoms with van der Waals surface area (Å²) in [5, 5.41) is 10.5. The van der Waals surface area contributed by atoms with E-state index in [1.165, 1.54) is 43.1 Å². The summed E-state index contributed by atoms with van der Waals surface area (Å²) >= 11 is 0. The molecule has 0 aliphatic heterocycles. The first-order valence-corrected chi connectivity index (χ1v) is 17.8. The van der Waals surface area contributed by atoms with Gasteiger partial charge in [-0.1, -0.05) is 92.4 Å². The average molecular weight is 562 g/mol. The van der Waals surface area contributed by atoms with E-state index in [1.807, 2.05) is 24.4 Å². The Kier molecular flexibility index (Phi) is 4.74. The summed E-state index contributed by atoms with van der Waals surface area (Å²) in [4.78, 5) is 9.36. The second kappa shape index (κ2) is 9.10. The lowest BCUT2D eigenvalue weighted by molar-refractivity contribution is 0.653. The maximum Gasteiger partial charge on any atom is 0.227 e. The van der Waals surface area contributed by atoms with Gasteiger partial charge in [-0.3, -0.25) is 4.98 Å². The first kappa shape index (κ1) is 21.9. The zero-order chi connectivity index (χ0) is 31.1. The lowest BCUT2D eigenvalue weighted by Crippen LogP contribution is -2.39. The molecule has 0 spiro atoms. The maximum absolute atomic E-state index is 7.79. The highest BCUT2D eigenvalue weighted by Gasteiger charge is 2.24. The molecule has 5 aromatic carbocycles. The molecule has 0 aliphatic carbocycles. The summed E-state index contributed by atoms with van der Waals surface area (Å²) in [6.45, 7) is 4.75. The lowest BCUT2D eigenvalue weighted by Gasteiger charge is -2.22. The molecule has 0 amide bonds. The first-order valence-electron chi connectivity index (χ1n) is 15.8. The molecule has 202 valence electrons. The normalized spacial score (nSPS) is 13.6. The van der Waals surface area contributed by atoms with Crippen molar-refractivity contribution < 1.29 is 8.53 Å². The number of pyridine rings is 2. The van der Waals surface area contributed by atoms with Gasteiger partial charge in [-0.25, -0.2) is 4.98 Å². The number of benzene rings is 5. The zero-order valence-corrected chi connectivity index (χ0v) is 24.7. The Hall–Kier alpha value is -4.80. The molecule has 3 aromatic heterocycles. The third-order valence-electron chi connectivity index (χ3n) is 8.41. The van der Waals surface area contributed by atoms with E-state index in [-0.39, 0.29) is 5.69 Å². The van der Waals surface area contributed by atoms with Crippen LogP contribution < -0.4 is 5.19 Å². The second-order valence-corrected chi connectivity index (χ2v) is 17.1. The van der Waals surface area contributed by atoms with E-state index >= 15 is 0 Å². The number of fused-ring (bicyclic) bond motifs is 9. The fourth-order valence-electron chi connectivity index (χ4n) is 6.40. The Morgan fingerprint density at radius 2 is 1.26 bits per heavy atom. The van der Waals surface area contributed by atoms with Crippen molar-refractivity contribution in [3.8, 4) is 22.4 Å². The van der Waals surface area contributed by atoms with Crippen molar-refractivity contribution in [2.45, 2.75) is 26.5 Å². The molecule has 0 atom stereocenters. The van der Waals surface area contributed by atoms with Crippen molar-refractivity contribution >= 4 is 67.6 Å². The number of hydrogen-bond acceptors (Lipinski definition) is 3. The summed E-state index contributed by atoms with van der Waals surface area (Å²) < 4.78 is 29.6. The molecule has 0 aliphatic rings. The molecule has 8 aromatic rings. The standard InChI is InChI=1S/C38H30N2OSi/c1-23-16-18-31-30-14-9-15-32(37(30)41-38(31)40-23)35-21-33(36(22-39-35)42(2,3)4)24-17-19-29-27-12-6-5-10-25(27)26-11-7-8-13-28(26)34(29)20-24/h5-22H,1-4H3/i1D3. The van der Waals surface area contributed by atoms with Crippen LogP contribution in [0.1, 0.15) is 9.81 Å². The van der Waals surface area contributed by atoms with Crippen LogP contribution in [0.3, 0.4) is 0 Å². The number of para-hydroxylation sites is 1. The number of aryl methyl sites for hydroxylation is 1. The molecule has 0 unspecified atom stereocenters. The number of furan rings is 1. The summed E-state index contributed by atoms with van der Waals surface area (Å²) in [5.41, 5.74) is 4.97. The van der Waals surface area contributed by atoms with Crippen LogP contribution in [0.5, 0.6) is 0 Å². The fourth-order valence-corrected chi connectivity index (χ4v) is 7.87. The highest BCUT2D eigenvalue weighted by Crippen LogP contribution is 2.39. The van der Waals surface area contributed by atoms with E-state index in [2.05, 4.69) is 97.4 Å². The van der Waals surface area contributed by atoms with Gasteiger partial charge in [0, 0.05) is 32.3 Å². The molecule has 3 heterocycles. The molecule has 3 nitrogen and oxygen atoms in total. The first-order chi connectivity index (χ1) is 21.6. The molecule has 0 saturated heterocycles. The van der Waals surface area contributed by atoms with Gasteiger partial charge >= 0.3 is 0 Å². The third kappa shape index (κ3) is 3.79. The number of rotatable bonds is 3. The topological polar surface area (TPSA) is 38.9 Å². The second-order valence-electron chi connectivity index (χ2n) is 12.1. The number of nitrogens with zero attached hydrogens (tertiary/aromatic N) is 2. The van der Waals surface area contributed by atoms with E-state index in [1.54, 1.807) is 12.1 Å². The molecule has 0 radical (unpaired) electrons. The molecule has 0 saturated carbocycles. The lowest BCUT2D eigenvalue weighted by atomic mass is 9.92. The van der Waals surface area contributed by atoms with Crippen molar-refractivity contribution in [1.82, 2.24) is 9.97 Å². The van der Waals surface area contributed by atoms with Gasteiger partial charge in [0.15, 0.2) is 0 Å². The molecular formula is C38H30N2OSi. The summed E-state index contributed by atoms with van der Waals surface area (Å²) in [5.74, 6) is 0. The van der Waals surface area contributed by atoms with E-state index in [0.717, 1.165) is 27.6 Å². The van der Waals surface area contributed by atoms with E-state index < -0.39 is 14.9 Å². The zero-order valence-electron chi connectivity index (χ0n) is 26.7. The SMILES string of the molecule is [2H]C([2H])([2H])c1ccc2c(n1)oc1c(-c3cc(-c4ccc5c6ccccc6c6ccccc6c5c4)c([Si](C)(C)C)cn3)cccc12. The Labute approximate surface area is 249 Å². The monoisotopic (exact) mass is 561 g/mol. The Morgan fingerprint density at radius 1 is 0.619 bits per heavy atom. The van der Waals surface area contributed by atoms with Crippen LogP contribution in [-0.4, -0.2) is 18.0 Å². The predicted octanol–water partition coefficient (Wildman–Crippen LogP) is 10.0. The Balaban J connectivity index is 1.37. The number of aromatic nitrogens is 2. The van der Waals surface area contributed by atoms with Crippen LogP contribution in [-0.2, 0) is 0 Å². The highest BCUT2D eigenvalue weighted by molar-refractivity contribution is 6.89. The largest absolute Gasteiger partial charge is 0.437 e. The van der Waals surface area contributed by atoms with Crippen LogP contribution >= 0.6 is 0 Å². The van der Waals surface area contributed by atoms with Gasteiger partial charge in [0.25, 0.3) is 0 Å². The van der Waals surface area contributed by atoms with Gasteiger partial charge < -0.3 is 4.42 Å². The Morgan fingerprint density at radius 3 is 1.95 bits per heavy atom. The van der Waals surface area contributed by atoms with Gasteiger partial charge in [0.05, 0.1) is 13.8 Å². The quantitative estimate of drug-likeness (QED) is 0.159. The van der Waals surface area contributed by atoms with Crippen LogP contribution in [0.4, 0.5) is 0 Å². The third-order valence-corrected chi connectivity index (χ3v) is 10.4. The molecule has 0 fully saturated rings. The minimum Gasteiger partial charge on any atom is -0.437 e. The van der Waals surface area contributed by atoms with Crippen molar-refractivity contribution in [1.29, 1.82) is 0 Å². The van der Waals surface area contributed by atoms with Crippen molar-refractivity contribution in [3.05, 3.63) is 115 Å². The Bertz CT molecular complexity index is 2440. The predicted molar refractivity (Wildman–Crippen MR) is 180 cm³/mol. The van der Waals surface area contributed by atoms with E-state index in [4.69, 9.17) is 13.5 Å². The van der Waals surface area contributed by atoms with E-state index in [0.29, 0.717) is 11.3 Å². The smallest absolute Gasteiger partial charge is 0.227 e. The number of hydrogen-bond donors (Lipinski definition) is 0. The van der Waals surface area contributed by atoms with Crippen molar-refractivity contribution in [3.63, 3.8) is 0 Å².